The molecule has 0 aromatic heterocycles. The number of aliphatic hydroxyl groups is 1. The lowest BCUT2D eigenvalue weighted by molar-refractivity contribution is -0.141. The molecule has 0 spiro atoms. The summed E-state index contributed by atoms with van der Waals surface area (Å²) >= 11 is 0. The maximum absolute atomic E-state index is 11.9. The van der Waals surface area contributed by atoms with Gasteiger partial charge in [-0.05, 0) is 30.1 Å². The molecule has 1 N–H and O–H groups in total. The van der Waals surface area contributed by atoms with Crippen molar-refractivity contribution in [1.29, 1.82) is 0 Å². The van der Waals surface area contributed by atoms with Crippen LogP contribution in [0.5, 0.6) is 0 Å². The molecule has 0 saturated heterocycles. The van der Waals surface area contributed by atoms with Crippen LogP contribution in [-0.4, -0.2) is 39.4 Å². The molecule has 0 radical (unpaired) electrons. The maximum Gasteiger partial charge on any atom is 0.337 e. The van der Waals surface area contributed by atoms with E-state index in [0.29, 0.717) is 18.6 Å². The van der Waals surface area contributed by atoms with Crippen LogP contribution in [0.4, 0.5) is 0 Å². The molecule has 1 unspecified atom stereocenters. The highest BCUT2D eigenvalue weighted by atomic mass is 28.4. The molecule has 0 bridgehead atoms. The SMILES string of the molecule is COC(=O)C1=COC(O)[C@@H]2C(CO[Si](C)(C)C(C)(C)C)=CC[C@H]12. The first-order valence-electron chi connectivity index (χ1n) is 8.03. The highest BCUT2D eigenvalue weighted by Crippen LogP contribution is 2.44. The first-order valence-corrected chi connectivity index (χ1v) is 10.9. The standard InChI is InChI=1S/C17H28O5Si/c1-17(2,3)23(5,6)22-9-11-7-8-12-13(15(18)20-4)10-21-16(19)14(11)12/h7,10,12,14,16,19H,8-9H2,1-6H3/t12-,14-,16?/m1/s1. The molecule has 1 heterocycles. The van der Waals surface area contributed by atoms with E-state index < -0.39 is 20.6 Å². The van der Waals surface area contributed by atoms with Gasteiger partial charge in [-0.2, -0.15) is 0 Å². The third-order valence-electron chi connectivity index (χ3n) is 5.36. The molecule has 1 aliphatic heterocycles. The van der Waals surface area contributed by atoms with E-state index in [1.165, 1.54) is 13.4 Å². The van der Waals surface area contributed by atoms with Gasteiger partial charge in [-0.15, -0.1) is 0 Å². The molecule has 2 rings (SSSR count). The van der Waals surface area contributed by atoms with E-state index in [4.69, 9.17) is 13.9 Å². The van der Waals surface area contributed by atoms with Crippen molar-refractivity contribution in [1.82, 2.24) is 0 Å². The highest BCUT2D eigenvalue weighted by molar-refractivity contribution is 6.74. The normalized spacial score (nSPS) is 27.7. The van der Waals surface area contributed by atoms with Gasteiger partial charge in [-0.1, -0.05) is 26.8 Å². The summed E-state index contributed by atoms with van der Waals surface area (Å²) in [5.41, 5.74) is 1.50. The Labute approximate surface area is 139 Å². The number of rotatable bonds is 4. The van der Waals surface area contributed by atoms with Gasteiger partial charge in [0.25, 0.3) is 0 Å². The predicted octanol–water partition coefficient (Wildman–Crippen LogP) is 2.98. The largest absolute Gasteiger partial charge is 0.472 e. The van der Waals surface area contributed by atoms with E-state index in [9.17, 15) is 9.90 Å². The molecular weight excluding hydrogens is 312 g/mol. The number of esters is 1. The van der Waals surface area contributed by atoms with Gasteiger partial charge in [-0.25, -0.2) is 4.79 Å². The summed E-state index contributed by atoms with van der Waals surface area (Å²) in [7, 11) is -0.512. The average molecular weight is 340 g/mol. The number of hydrogen-bond acceptors (Lipinski definition) is 5. The smallest absolute Gasteiger partial charge is 0.337 e. The Morgan fingerprint density at radius 3 is 2.65 bits per heavy atom. The van der Waals surface area contributed by atoms with Crippen molar-refractivity contribution in [2.24, 2.45) is 11.8 Å². The van der Waals surface area contributed by atoms with Gasteiger partial charge >= 0.3 is 5.97 Å². The molecule has 6 heteroatoms. The van der Waals surface area contributed by atoms with E-state index in [1.807, 2.05) is 0 Å². The van der Waals surface area contributed by atoms with Crippen molar-refractivity contribution in [3.05, 3.63) is 23.5 Å². The number of carbonyl (C=O) groups is 1. The molecule has 0 aromatic rings. The Hall–Kier alpha value is -1.11. The van der Waals surface area contributed by atoms with Gasteiger partial charge in [0.15, 0.2) is 8.32 Å². The molecule has 130 valence electrons. The molecule has 2 aliphatic rings. The van der Waals surface area contributed by atoms with Crippen molar-refractivity contribution < 1.29 is 23.8 Å². The summed E-state index contributed by atoms with van der Waals surface area (Å²) in [5, 5.41) is 10.3. The Morgan fingerprint density at radius 1 is 1.43 bits per heavy atom. The highest BCUT2D eigenvalue weighted by Gasteiger charge is 2.45. The summed E-state index contributed by atoms with van der Waals surface area (Å²) in [4.78, 5) is 11.9. The quantitative estimate of drug-likeness (QED) is 0.484. The Kier molecular flexibility index (Phi) is 5.08. The monoisotopic (exact) mass is 340 g/mol. The van der Waals surface area contributed by atoms with Crippen LogP contribution in [0, 0.1) is 11.8 Å². The van der Waals surface area contributed by atoms with Crippen LogP contribution in [0.25, 0.3) is 0 Å². The summed E-state index contributed by atoms with van der Waals surface area (Å²) in [6, 6.07) is 0. The predicted molar refractivity (Wildman–Crippen MR) is 90.0 cm³/mol. The van der Waals surface area contributed by atoms with Gasteiger partial charge < -0.3 is 19.0 Å². The lowest BCUT2D eigenvalue weighted by Crippen LogP contribution is -2.42. The van der Waals surface area contributed by atoms with Gasteiger partial charge in [-0.3, -0.25) is 0 Å². The first-order chi connectivity index (χ1) is 10.6. The minimum absolute atomic E-state index is 0.0933. The van der Waals surface area contributed by atoms with Gasteiger partial charge in [0, 0.05) is 5.92 Å². The third kappa shape index (κ3) is 3.54. The van der Waals surface area contributed by atoms with E-state index >= 15 is 0 Å². The van der Waals surface area contributed by atoms with Crippen LogP contribution in [-0.2, 0) is 18.7 Å². The number of fused-ring (bicyclic) bond motifs is 1. The number of allylic oxidation sites excluding steroid dienone is 1. The fourth-order valence-corrected chi connectivity index (χ4v) is 3.75. The number of methoxy groups -OCH3 is 1. The van der Waals surface area contributed by atoms with Crippen LogP contribution in [0.3, 0.4) is 0 Å². The topological polar surface area (TPSA) is 65.0 Å². The zero-order chi connectivity index (χ0) is 17.4. The first kappa shape index (κ1) is 18.2. The molecule has 0 saturated carbocycles. The minimum atomic E-state index is -1.87. The molecule has 3 atom stereocenters. The van der Waals surface area contributed by atoms with Crippen molar-refractivity contribution in [2.45, 2.75) is 51.6 Å². The second-order valence-electron chi connectivity index (χ2n) is 7.79. The lowest BCUT2D eigenvalue weighted by atomic mass is 9.83. The maximum atomic E-state index is 11.9. The fraction of sp³-hybridized carbons (Fsp3) is 0.706. The molecule has 23 heavy (non-hydrogen) atoms. The number of ether oxygens (including phenoxy) is 2. The zero-order valence-electron chi connectivity index (χ0n) is 14.9. The summed E-state index contributed by atoms with van der Waals surface area (Å²) in [6.07, 6.45) is 3.16. The van der Waals surface area contributed by atoms with E-state index in [0.717, 1.165) is 5.57 Å². The van der Waals surface area contributed by atoms with Crippen LogP contribution in [0.15, 0.2) is 23.5 Å². The number of carbonyl (C=O) groups excluding carboxylic acids is 1. The molecule has 0 amide bonds. The molecule has 1 aliphatic carbocycles. The molecule has 5 nitrogen and oxygen atoms in total. The third-order valence-corrected chi connectivity index (χ3v) is 9.84. The second kappa shape index (κ2) is 6.41. The summed E-state index contributed by atoms with van der Waals surface area (Å²) in [5.74, 6) is -0.727. The fourth-order valence-electron chi connectivity index (χ4n) is 2.79. The van der Waals surface area contributed by atoms with Crippen LogP contribution in [0.2, 0.25) is 18.1 Å². The lowest BCUT2D eigenvalue weighted by Gasteiger charge is -2.37. The Bertz CT molecular complexity index is 530. The van der Waals surface area contributed by atoms with Crippen molar-refractivity contribution in [3.8, 4) is 0 Å². The van der Waals surface area contributed by atoms with Crippen LogP contribution in [0.1, 0.15) is 27.2 Å². The summed E-state index contributed by atoms with van der Waals surface area (Å²) < 4.78 is 16.3. The second-order valence-corrected chi connectivity index (χ2v) is 12.6. The summed E-state index contributed by atoms with van der Waals surface area (Å²) in [6.45, 7) is 11.5. The van der Waals surface area contributed by atoms with Gasteiger partial charge in [0.2, 0.25) is 6.29 Å². The molecule has 0 fully saturated rings. The van der Waals surface area contributed by atoms with Crippen LogP contribution >= 0.6 is 0 Å². The van der Waals surface area contributed by atoms with Crippen LogP contribution < -0.4 is 0 Å². The molecule has 0 aromatic carbocycles. The van der Waals surface area contributed by atoms with Crippen molar-refractivity contribution in [3.63, 3.8) is 0 Å². The van der Waals surface area contributed by atoms with E-state index in [2.05, 4.69) is 39.9 Å². The Balaban J connectivity index is 2.10. The van der Waals surface area contributed by atoms with E-state index in [-0.39, 0.29) is 16.9 Å². The Morgan fingerprint density at radius 2 is 2.09 bits per heavy atom. The average Bonchev–Trinajstić information content (AvgIpc) is 2.88. The van der Waals surface area contributed by atoms with Crippen molar-refractivity contribution >= 4 is 14.3 Å². The molecular formula is C17H28O5Si. The van der Waals surface area contributed by atoms with Gasteiger partial charge in [0.1, 0.15) is 0 Å². The zero-order valence-corrected chi connectivity index (χ0v) is 15.9. The van der Waals surface area contributed by atoms with Gasteiger partial charge in [0.05, 0.1) is 31.5 Å². The van der Waals surface area contributed by atoms with E-state index in [1.54, 1.807) is 0 Å². The number of hydrogen-bond donors (Lipinski definition) is 1. The number of aliphatic hydroxyl groups excluding tert-OH is 1. The minimum Gasteiger partial charge on any atom is -0.472 e. The van der Waals surface area contributed by atoms with Crippen molar-refractivity contribution in [2.75, 3.05) is 13.7 Å².